The number of ether oxygens (including phenoxy) is 1. The summed E-state index contributed by atoms with van der Waals surface area (Å²) in [5.74, 6) is 5.65. The first-order valence-corrected chi connectivity index (χ1v) is 6.82. The zero-order valence-corrected chi connectivity index (χ0v) is 13.0. The molecule has 2 aromatic heterocycles. The Bertz CT molecular complexity index is 950. The fraction of sp³-hybridized carbons (Fsp3) is 0.333. The molecule has 0 aliphatic carbocycles. The summed E-state index contributed by atoms with van der Waals surface area (Å²) < 4.78 is 7.41. The third-order valence-corrected chi connectivity index (χ3v) is 3.23. The van der Waals surface area contributed by atoms with Gasteiger partial charge in [-0.2, -0.15) is 0 Å². The van der Waals surface area contributed by atoms with Gasteiger partial charge in [-0.3, -0.25) is 19.1 Å². The van der Waals surface area contributed by atoms with E-state index < -0.39 is 11.2 Å². The van der Waals surface area contributed by atoms with Gasteiger partial charge in [-0.05, 0) is 13.0 Å². The zero-order chi connectivity index (χ0) is 17.0. The number of H-pyrrole nitrogens is 1. The molecule has 0 aliphatic heterocycles. The third-order valence-electron chi connectivity index (χ3n) is 3.23. The van der Waals surface area contributed by atoms with E-state index in [1.807, 2.05) is 0 Å². The Morgan fingerprint density at radius 2 is 2.17 bits per heavy atom. The van der Waals surface area contributed by atoms with Crippen LogP contribution in [0.3, 0.4) is 0 Å². The van der Waals surface area contributed by atoms with E-state index >= 15 is 0 Å². The van der Waals surface area contributed by atoms with Crippen molar-refractivity contribution in [3.8, 4) is 11.8 Å². The second-order valence-electron chi connectivity index (χ2n) is 4.66. The molecule has 2 aromatic rings. The highest BCUT2D eigenvalue weighted by molar-refractivity contribution is 5.75. The van der Waals surface area contributed by atoms with Crippen LogP contribution in [-0.4, -0.2) is 32.2 Å². The largest absolute Gasteiger partial charge is 0.469 e. The van der Waals surface area contributed by atoms with Gasteiger partial charge in [-0.25, -0.2) is 9.78 Å². The topological polar surface area (TPSA) is 99.0 Å². The molecule has 0 atom stereocenters. The number of hydrogen-bond donors (Lipinski definition) is 1. The van der Waals surface area contributed by atoms with Gasteiger partial charge in [-0.15, -0.1) is 5.92 Å². The Morgan fingerprint density at radius 1 is 1.43 bits per heavy atom. The van der Waals surface area contributed by atoms with Gasteiger partial charge < -0.3 is 9.30 Å². The summed E-state index contributed by atoms with van der Waals surface area (Å²) in [6.45, 7) is 1.93. The molecule has 0 radical (unpaired) electrons. The Labute approximate surface area is 131 Å². The molecule has 23 heavy (non-hydrogen) atoms. The molecule has 0 saturated heterocycles. The third kappa shape index (κ3) is 3.23. The van der Waals surface area contributed by atoms with Gasteiger partial charge in [0.15, 0.2) is 11.2 Å². The number of carbonyl (C=O) groups excluding carboxylic acids is 1. The van der Waals surface area contributed by atoms with Crippen LogP contribution < -0.4 is 11.2 Å². The predicted octanol–water partition coefficient (Wildman–Crippen LogP) is 0.0229. The SMILES string of the molecule is CC#CCn1c(C=CCC(=O)OC)nc2c1c(=O)[nH]c(=O)n2C. The Hall–Kier alpha value is -3.08. The molecule has 0 fully saturated rings. The average Bonchev–Trinajstić information content (AvgIpc) is 2.89. The molecule has 8 heteroatoms. The molecule has 0 aliphatic rings. The van der Waals surface area contributed by atoms with Gasteiger partial charge in [0.2, 0.25) is 0 Å². The van der Waals surface area contributed by atoms with Crippen LogP contribution in [0.15, 0.2) is 15.7 Å². The molecule has 0 aromatic carbocycles. The van der Waals surface area contributed by atoms with Crippen molar-refractivity contribution in [3.63, 3.8) is 0 Å². The van der Waals surface area contributed by atoms with Crippen LogP contribution in [0.1, 0.15) is 19.2 Å². The van der Waals surface area contributed by atoms with Crippen LogP contribution >= 0.6 is 0 Å². The van der Waals surface area contributed by atoms with E-state index in [0.29, 0.717) is 5.82 Å². The van der Waals surface area contributed by atoms with Crippen molar-refractivity contribution in [2.75, 3.05) is 7.11 Å². The van der Waals surface area contributed by atoms with Gasteiger partial charge in [0.25, 0.3) is 5.56 Å². The second kappa shape index (κ2) is 6.79. The molecule has 1 N–H and O–H groups in total. The molecule has 0 amide bonds. The zero-order valence-electron chi connectivity index (χ0n) is 13.0. The number of methoxy groups -OCH3 is 1. The number of esters is 1. The fourth-order valence-corrected chi connectivity index (χ4v) is 2.04. The smallest absolute Gasteiger partial charge is 0.329 e. The molecule has 0 spiro atoms. The number of fused-ring (bicyclic) bond motifs is 1. The highest BCUT2D eigenvalue weighted by Gasteiger charge is 2.15. The van der Waals surface area contributed by atoms with Gasteiger partial charge in [0.05, 0.1) is 20.1 Å². The van der Waals surface area contributed by atoms with Crippen LogP contribution in [0.25, 0.3) is 17.2 Å². The van der Waals surface area contributed by atoms with Crippen molar-refractivity contribution in [2.45, 2.75) is 19.9 Å². The van der Waals surface area contributed by atoms with Gasteiger partial charge in [0, 0.05) is 7.05 Å². The number of aromatic amines is 1. The van der Waals surface area contributed by atoms with Crippen LogP contribution in [0, 0.1) is 11.8 Å². The molecular formula is C15H16N4O4. The van der Waals surface area contributed by atoms with Crippen molar-refractivity contribution < 1.29 is 9.53 Å². The molecule has 2 rings (SSSR count). The number of nitrogens with zero attached hydrogens (tertiary/aromatic N) is 3. The Morgan fingerprint density at radius 3 is 2.83 bits per heavy atom. The number of imidazole rings is 1. The minimum absolute atomic E-state index is 0.0778. The molecule has 8 nitrogen and oxygen atoms in total. The number of rotatable bonds is 4. The maximum atomic E-state index is 12.1. The first-order valence-electron chi connectivity index (χ1n) is 6.82. The fourth-order valence-electron chi connectivity index (χ4n) is 2.04. The van der Waals surface area contributed by atoms with Crippen molar-refractivity contribution >= 4 is 23.2 Å². The first kappa shape index (κ1) is 16.3. The van der Waals surface area contributed by atoms with Crippen molar-refractivity contribution in [1.29, 1.82) is 0 Å². The highest BCUT2D eigenvalue weighted by Crippen LogP contribution is 2.12. The quantitative estimate of drug-likeness (QED) is 0.633. The summed E-state index contributed by atoms with van der Waals surface area (Å²) in [4.78, 5) is 41.5. The van der Waals surface area contributed by atoms with E-state index in [1.54, 1.807) is 23.6 Å². The maximum Gasteiger partial charge on any atom is 0.329 e. The lowest BCUT2D eigenvalue weighted by atomic mass is 10.3. The predicted molar refractivity (Wildman–Crippen MR) is 84.7 cm³/mol. The van der Waals surface area contributed by atoms with Crippen LogP contribution in [-0.2, 0) is 23.1 Å². The summed E-state index contributed by atoms with van der Waals surface area (Å²) in [7, 11) is 2.82. The first-order chi connectivity index (χ1) is 11.0. The summed E-state index contributed by atoms with van der Waals surface area (Å²) >= 11 is 0. The number of nitrogens with one attached hydrogen (secondary N) is 1. The number of aromatic nitrogens is 4. The lowest BCUT2D eigenvalue weighted by molar-refractivity contribution is -0.139. The normalized spacial score (nSPS) is 10.7. The van der Waals surface area contributed by atoms with Crippen LogP contribution in [0.5, 0.6) is 0 Å². The van der Waals surface area contributed by atoms with Gasteiger partial charge in [0.1, 0.15) is 5.82 Å². The Kier molecular flexibility index (Phi) is 4.81. The van der Waals surface area contributed by atoms with Gasteiger partial charge in [-0.1, -0.05) is 12.0 Å². The maximum absolute atomic E-state index is 12.1. The minimum Gasteiger partial charge on any atom is -0.469 e. The van der Waals surface area contributed by atoms with Crippen LogP contribution in [0.2, 0.25) is 0 Å². The molecule has 0 unspecified atom stereocenters. The number of hydrogen-bond acceptors (Lipinski definition) is 5. The number of carbonyl (C=O) groups is 1. The lowest BCUT2D eigenvalue weighted by Crippen LogP contribution is -2.29. The average molecular weight is 316 g/mol. The monoisotopic (exact) mass is 316 g/mol. The standard InChI is InChI=1S/C15H16N4O4/c1-4-5-9-19-10(7-6-8-11(20)23-3)16-13-12(19)14(21)17-15(22)18(13)2/h6-7H,8-9H2,1-3H3,(H,17,21,22). The van der Waals surface area contributed by atoms with Crippen molar-refractivity contribution in [3.05, 3.63) is 32.7 Å². The number of aryl methyl sites for hydroxylation is 1. The van der Waals surface area contributed by atoms with E-state index in [0.717, 1.165) is 0 Å². The van der Waals surface area contributed by atoms with E-state index in [9.17, 15) is 14.4 Å². The molecule has 0 saturated carbocycles. The summed E-state index contributed by atoms with van der Waals surface area (Å²) in [5, 5.41) is 0. The molecule has 2 heterocycles. The lowest BCUT2D eigenvalue weighted by Gasteiger charge is -2.01. The molecular weight excluding hydrogens is 300 g/mol. The summed E-state index contributed by atoms with van der Waals surface area (Å²) in [6, 6.07) is 0. The molecule has 0 bridgehead atoms. The Balaban J connectivity index is 2.63. The second-order valence-corrected chi connectivity index (χ2v) is 4.66. The summed E-state index contributed by atoms with van der Waals surface area (Å²) in [6.07, 6.45) is 3.25. The van der Waals surface area contributed by atoms with Gasteiger partial charge >= 0.3 is 11.7 Å². The van der Waals surface area contributed by atoms with Crippen molar-refractivity contribution in [1.82, 2.24) is 19.1 Å². The van der Waals surface area contributed by atoms with Crippen LogP contribution in [0.4, 0.5) is 0 Å². The molecule has 120 valence electrons. The van der Waals surface area contributed by atoms with E-state index in [4.69, 9.17) is 0 Å². The van der Waals surface area contributed by atoms with Crippen molar-refractivity contribution in [2.24, 2.45) is 7.05 Å². The van der Waals surface area contributed by atoms with E-state index in [2.05, 4.69) is 26.5 Å². The van der Waals surface area contributed by atoms with E-state index in [1.165, 1.54) is 18.7 Å². The minimum atomic E-state index is -0.543. The highest BCUT2D eigenvalue weighted by atomic mass is 16.5. The van der Waals surface area contributed by atoms with E-state index in [-0.39, 0.29) is 30.1 Å². The summed E-state index contributed by atoms with van der Waals surface area (Å²) in [5.41, 5.74) is -0.554.